The van der Waals surface area contributed by atoms with Gasteiger partial charge in [0.25, 0.3) is 5.56 Å². The standard InChI is InChI=1S/C22H23N3O2/c26-20-15-23-18-13-7-8-14-19(18)25(20)21(16-9-3-1-4-10-16)22(27)24-17-11-5-2-6-12-17/h1,3-4,7-10,13-15,17,21H,2,5-6,11-12H2,(H,24,27). The van der Waals surface area contributed by atoms with Crippen LogP contribution in [0.15, 0.2) is 65.6 Å². The van der Waals surface area contributed by atoms with Gasteiger partial charge in [-0.05, 0) is 30.5 Å². The van der Waals surface area contributed by atoms with Crippen LogP contribution in [0.25, 0.3) is 11.0 Å². The van der Waals surface area contributed by atoms with E-state index in [0.717, 1.165) is 31.2 Å². The first-order valence-electron chi connectivity index (χ1n) is 9.55. The molecular weight excluding hydrogens is 338 g/mol. The van der Waals surface area contributed by atoms with E-state index in [1.165, 1.54) is 12.6 Å². The summed E-state index contributed by atoms with van der Waals surface area (Å²) in [4.78, 5) is 30.3. The largest absolute Gasteiger partial charge is 0.351 e. The van der Waals surface area contributed by atoms with Crippen LogP contribution in [0.2, 0.25) is 0 Å². The summed E-state index contributed by atoms with van der Waals surface area (Å²) in [6, 6.07) is 16.4. The van der Waals surface area contributed by atoms with Gasteiger partial charge in [0.15, 0.2) is 0 Å². The SMILES string of the molecule is O=C(NC1CCCCC1)C(c1ccccc1)n1c(=O)cnc2ccccc21. The fourth-order valence-corrected chi connectivity index (χ4v) is 3.93. The minimum atomic E-state index is -0.714. The number of aromatic nitrogens is 2. The molecule has 1 amide bonds. The van der Waals surface area contributed by atoms with Crippen molar-refractivity contribution in [1.82, 2.24) is 14.9 Å². The molecule has 5 nitrogen and oxygen atoms in total. The molecule has 5 heteroatoms. The fourth-order valence-electron chi connectivity index (χ4n) is 3.93. The molecule has 0 aliphatic heterocycles. The molecule has 0 bridgehead atoms. The Bertz CT molecular complexity index is 991. The molecule has 138 valence electrons. The third kappa shape index (κ3) is 3.63. The Hall–Kier alpha value is -2.95. The Morgan fingerprint density at radius 2 is 1.70 bits per heavy atom. The first-order chi connectivity index (χ1) is 13.2. The molecule has 1 aliphatic rings. The maximum absolute atomic E-state index is 13.3. The van der Waals surface area contributed by atoms with E-state index < -0.39 is 6.04 Å². The van der Waals surface area contributed by atoms with Crippen molar-refractivity contribution in [2.45, 2.75) is 44.2 Å². The van der Waals surface area contributed by atoms with E-state index >= 15 is 0 Å². The maximum Gasteiger partial charge on any atom is 0.270 e. The van der Waals surface area contributed by atoms with Gasteiger partial charge in [0, 0.05) is 6.04 Å². The maximum atomic E-state index is 13.3. The van der Waals surface area contributed by atoms with E-state index in [-0.39, 0.29) is 17.5 Å². The number of para-hydroxylation sites is 2. The minimum Gasteiger partial charge on any atom is -0.351 e. The van der Waals surface area contributed by atoms with E-state index in [1.54, 1.807) is 4.57 Å². The topological polar surface area (TPSA) is 64.0 Å². The van der Waals surface area contributed by atoms with E-state index in [4.69, 9.17) is 0 Å². The van der Waals surface area contributed by atoms with Crippen molar-refractivity contribution < 1.29 is 4.79 Å². The van der Waals surface area contributed by atoms with E-state index in [0.29, 0.717) is 11.0 Å². The number of hydrogen-bond acceptors (Lipinski definition) is 3. The van der Waals surface area contributed by atoms with Gasteiger partial charge in [-0.2, -0.15) is 0 Å². The summed E-state index contributed by atoms with van der Waals surface area (Å²) in [5.41, 5.74) is 1.88. The fraction of sp³-hybridized carbons (Fsp3) is 0.318. The van der Waals surface area contributed by atoms with Crippen LogP contribution in [-0.2, 0) is 4.79 Å². The molecule has 1 N–H and O–H groups in total. The molecule has 0 saturated heterocycles. The van der Waals surface area contributed by atoms with Crippen molar-refractivity contribution in [3.05, 3.63) is 76.7 Å². The van der Waals surface area contributed by atoms with E-state index in [2.05, 4.69) is 10.3 Å². The van der Waals surface area contributed by atoms with Crippen LogP contribution in [-0.4, -0.2) is 21.5 Å². The second-order valence-corrected chi connectivity index (χ2v) is 7.11. The molecule has 1 heterocycles. The van der Waals surface area contributed by atoms with Gasteiger partial charge in [-0.25, -0.2) is 4.98 Å². The average molecular weight is 361 g/mol. The highest BCUT2D eigenvalue weighted by atomic mass is 16.2. The van der Waals surface area contributed by atoms with Gasteiger partial charge in [0.1, 0.15) is 6.04 Å². The quantitative estimate of drug-likeness (QED) is 0.774. The Balaban J connectivity index is 1.81. The summed E-state index contributed by atoms with van der Waals surface area (Å²) >= 11 is 0. The highest BCUT2D eigenvalue weighted by Gasteiger charge is 2.27. The van der Waals surface area contributed by atoms with Crippen LogP contribution in [0.3, 0.4) is 0 Å². The first-order valence-corrected chi connectivity index (χ1v) is 9.55. The van der Waals surface area contributed by atoms with Crippen molar-refractivity contribution in [3.8, 4) is 0 Å². The number of carbonyl (C=O) groups excluding carboxylic acids is 1. The van der Waals surface area contributed by atoms with Crippen LogP contribution < -0.4 is 10.9 Å². The molecule has 27 heavy (non-hydrogen) atoms. The molecular formula is C22H23N3O2. The number of nitrogens with zero attached hydrogens (tertiary/aromatic N) is 2. The lowest BCUT2D eigenvalue weighted by Crippen LogP contribution is -2.43. The second kappa shape index (κ2) is 7.74. The minimum absolute atomic E-state index is 0.133. The Kier molecular flexibility index (Phi) is 5.01. The number of carbonyl (C=O) groups is 1. The van der Waals surface area contributed by atoms with Crippen molar-refractivity contribution in [2.75, 3.05) is 0 Å². The second-order valence-electron chi connectivity index (χ2n) is 7.11. The summed E-state index contributed by atoms with van der Waals surface area (Å²) in [6.07, 6.45) is 6.80. The highest BCUT2D eigenvalue weighted by Crippen LogP contribution is 2.23. The van der Waals surface area contributed by atoms with Gasteiger partial charge < -0.3 is 5.32 Å². The number of hydrogen-bond donors (Lipinski definition) is 1. The van der Waals surface area contributed by atoms with Gasteiger partial charge in [-0.15, -0.1) is 0 Å². The summed E-state index contributed by atoms with van der Waals surface area (Å²) in [5, 5.41) is 3.19. The Labute approximate surface area is 158 Å². The van der Waals surface area contributed by atoms with Crippen molar-refractivity contribution in [3.63, 3.8) is 0 Å². The number of nitrogens with one attached hydrogen (secondary N) is 1. The lowest BCUT2D eigenvalue weighted by Gasteiger charge is -2.27. The molecule has 1 atom stereocenters. The monoisotopic (exact) mass is 361 g/mol. The normalized spacial score (nSPS) is 16.1. The molecule has 1 aromatic heterocycles. The predicted octanol–water partition coefficient (Wildman–Crippen LogP) is 3.43. The van der Waals surface area contributed by atoms with Gasteiger partial charge >= 0.3 is 0 Å². The van der Waals surface area contributed by atoms with Crippen molar-refractivity contribution in [2.24, 2.45) is 0 Å². The smallest absolute Gasteiger partial charge is 0.270 e. The zero-order chi connectivity index (χ0) is 18.6. The van der Waals surface area contributed by atoms with Crippen LogP contribution >= 0.6 is 0 Å². The van der Waals surface area contributed by atoms with Gasteiger partial charge in [0.2, 0.25) is 5.91 Å². The van der Waals surface area contributed by atoms with Gasteiger partial charge in [-0.1, -0.05) is 61.7 Å². The molecule has 0 spiro atoms. The lowest BCUT2D eigenvalue weighted by molar-refractivity contribution is -0.124. The summed E-state index contributed by atoms with van der Waals surface area (Å²) in [6.45, 7) is 0. The van der Waals surface area contributed by atoms with E-state index in [1.807, 2.05) is 54.6 Å². The predicted molar refractivity (Wildman–Crippen MR) is 106 cm³/mol. The Morgan fingerprint density at radius 3 is 2.48 bits per heavy atom. The molecule has 1 aliphatic carbocycles. The molecule has 0 radical (unpaired) electrons. The third-order valence-corrected chi connectivity index (χ3v) is 5.27. The summed E-state index contributed by atoms with van der Waals surface area (Å²) in [5.74, 6) is -0.133. The summed E-state index contributed by atoms with van der Waals surface area (Å²) < 4.78 is 1.57. The zero-order valence-corrected chi connectivity index (χ0v) is 15.2. The lowest BCUT2D eigenvalue weighted by atomic mass is 9.95. The van der Waals surface area contributed by atoms with Gasteiger partial charge in [-0.3, -0.25) is 14.2 Å². The van der Waals surface area contributed by atoms with Crippen LogP contribution in [0, 0.1) is 0 Å². The molecule has 1 fully saturated rings. The average Bonchev–Trinajstić information content (AvgIpc) is 2.71. The Morgan fingerprint density at radius 1 is 1.00 bits per heavy atom. The number of amides is 1. The number of rotatable bonds is 4. The number of benzene rings is 2. The molecule has 1 saturated carbocycles. The number of fused-ring (bicyclic) bond motifs is 1. The molecule has 4 rings (SSSR count). The van der Waals surface area contributed by atoms with Gasteiger partial charge in [0.05, 0.1) is 17.2 Å². The third-order valence-electron chi connectivity index (χ3n) is 5.27. The van der Waals surface area contributed by atoms with Crippen molar-refractivity contribution in [1.29, 1.82) is 0 Å². The first kappa shape index (κ1) is 17.5. The molecule has 2 aromatic carbocycles. The van der Waals surface area contributed by atoms with Crippen LogP contribution in [0.1, 0.15) is 43.7 Å². The van der Waals surface area contributed by atoms with Crippen LogP contribution in [0.5, 0.6) is 0 Å². The highest BCUT2D eigenvalue weighted by molar-refractivity contribution is 5.86. The zero-order valence-electron chi connectivity index (χ0n) is 15.2. The molecule has 3 aromatic rings. The van der Waals surface area contributed by atoms with Crippen molar-refractivity contribution >= 4 is 16.9 Å². The molecule has 1 unspecified atom stereocenters. The summed E-state index contributed by atoms with van der Waals surface area (Å²) in [7, 11) is 0. The van der Waals surface area contributed by atoms with E-state index in [9.17, 15) is 9.59 Å². The van der Waals surface area contributed by atoms with Crippen LogP contribution in [0.4, 0.5) is 0 Å².